The average molecular weight is 387 g/mol. The molecule has 1 amide bonds. The number of nitrogens with one attached hydrogen (secondary N) is 2. The number of aryl methyl sites for hydroxylation is 1. The number of alkyl halides is 3. The molecule has 0 aromatic carbocycles. The molecule has 3 rings (SSSR count). The van der Waals surface area contributed by atoms with Crippen LogP contribution in [0.4, 0.5) is 19.0 Å². The van der Waals surface area contributed by atoms with Crippen LogP contribution >= 0.6 is 0 Å². The third kappa shape index (κ3) is 4.65. The molecule has 0 bridgehead atoms. The summed E-state index contributed by atoms with van der Waals surface area (Å²) in [6, 6.07) is 2.77. The van der Waals surface area contributed by atoms with Gasteiger partial charge in [-0.1, -0.05) is 0 Å². The summed E-state index contributed by atoms with van der Waals surface area (Å²) in [5.41, 5.74) is 0.572. The Morgan fingerprint density at radius 2 is 2.26 bits per heavy atom. The van der Waals surface area contributed by atoms with Gasteiger partial charge in [-0.3, -0.25) is 19.3 Å². The molecule has 0 radical (unpaired) electrons. The molecular weight excluding hydrogens is 371 g/mol. The molecule has 27 heavy (non-hydrogen) atoms. The molecule has 0 spiro atoms. The first-order valence-corrected chi connectivity index (χ1v) is 7.73. The Hall–Kier alpha value is -2.86. The quantitative estimate of drug-likeness (QED) is 0.784. The number of rotatable bonds is 6. The van der Waals surface area contributed by atoms with Gasteiger partial charge in [0.2, 0.25) is 0 Å². The predicted octanol–water partition coefficient (Wildman–Crippen LogP) is 1.82. The number of anilines is 1. The third-order valence-electron chi connectivity index (χ3n) is 3.67. The summed E-state index contributed by atoms with van der Waals surface area (Å²) in [6.07, 6.45) is -3.16. The van der Waals surface area contributed by atoms with Gasteiger partial charge in [-0.15, -0.1) is 13.2 Å². The van der Waals surface area contributed by atoms with Gasteiger partial charge < -0.3 is 14.8 Å². The highest BCUT2D eigenvalue weighted by molar-refractivity contribution is 6.02. The SMILES string of the molecule is COC1C=C(c2cc(NC(=O)c3cc(COC(F)(F)F)nn3C)n[nH]2)OC1. The lowest BCUT2D eigenvalue weighted by molar-refractivity contribution is -0.330. The van der Waals surface area contributed by atoms with Gasteiger partial charge >= 0.3 is 6.36 Å². The molecular formula is C15H16F3N5O4. The number of aromatic nitrogens is 4. The highest BCUT2D eigenvalue weighted by atomic mass is 19.4. The summed E-state index contributed by atoms with van der Waals surface area (Å²) in [6.45, 7) is -0.409. The fraction of sp³-hybridized carbons (Fsp3) is 0.400. The first-order valence-electron chi connectivity index (χ1n) is 7.73. The Morgan fingerprint density at radius 1 is 1.48 bits per heavy atom. The summed E-state index contributed by atoms with van der Waals surface area (Å²) >= 11 is 0. The number of hydrogen-bond donors (Lipinski definition) is 2. The number of aromatic amines is 1. The fourth-order valence-electron chi connectivity index (χ4n) is 2.40. The minimum absolute atomic E-state index is 0.0298. The summed E-state index contributed by atoms with van der Waals surface area (Å²) in [5, 5.41) is 13.0. The van der Waals surface area contributed by atoms with Crippen molar-refractivity contribution in [2.24, 2.45) is 7.05 Å². The Morgan fingerprint density at radius 3 is 2.93 bits per heavy atom. The highest BCUT2D eigenvalue weighted by Gasteiger charge is 2.29. The normalized spacial score (nSPS) is 16.9. The molecule has 0 aliphatic carbocycles. The van der Waals surface area contributed by atoms with Crippen LogP contribution in [0.2, 0.25) is 0 Å². The molecule has 12 heteroatoms. The van der Waals surface area contributed by atoms with Crippen LogP contribution in [0.3, 0.4) is 0 Å². The number of amides is 1. The van der Waals surface area contributed by atoms with Gasteiger partial charge in [0.25, 0.3) is 5.91 Å². The first kappa shape index (κ1) is 18.9. The zero-order chi connectivity index (χ0) is 19.6. The van der Waals surface area contributed by atoms with Gasteiger partial charge in [-0.2, -0.15) is 10.2 Å². The maximum absolute atomic E-state index is 12.3. The molecule has 0 fully saturated rings. The van der Waals surface area contributed by atoms with Gasteiger partial charge in [-0.05, 0) is 12.1 Å². The fourth-order valence-corrected chi connectivity index (χ4v) is 2.40. The van der Waals surface area contributed by atoms with Gasteiger partial charge in [0.05, 0.1) is 5.69 Å². The lowest BCUT2D eigenvalue weighted by Gasteiger charge is -2.04. The molecule has 2 aromatic rings. The lowest BCUT2D eigenvalue weighted by atomic mass is 10.3. The molecule has 0 saturated carbocycles. The van der Waals surface area contributed by atoms with Crippen molar-refractivity contribution in [3.63, 3.8) is 0 Å². The van der Waals surface area contributed by atoms with E-state index in [-0.39, 0.29) is 23.3 Å². The summed E-state index contributed by atoms with van der Waals surface area (Å²) < 4.78 is 51.8. The molecule has 0 saturated heterocycles. The zero-order valence-electron chi connectivity index (χ0n) is 14.3. The molecule has 2 N–H and O–H groups in total. The average Bonchev–Trinajstić information content (AvgIpc) is 3.31. The van der Waals surface area contributed by atoms with Crippen molar-refractivity contribution in [3.8, 4) is 0 Å². The van der Waals surface area contributed by atoms with Crippen LogP contribution in [0.15, 0.2) is 18.2 Å². The van der Waals surface area contributed by atoms with E-state index in [4.69, 9.17) is 9.47 Å². The number of carbonyl (C=O) groups excluding carboxylic acids is 1. The van der Waals surface area contributed by atoms with Crippen molar-refractivity contribution in [2.45, 2.75) is 19.1 Å². The van der Waals surface area contributed by atoms with Crippen molar-refractivity contribution < 1.29 is 32.2 Å². The van der Waals surface area contributed by atoms with E-state index < -0.39 is 18.9 Å². The van der Waals surface area contributed by atoms with Crippen LogP contribution in [0.5, 0.6) is 0 Å². The molecule has 1 atom stereocenters. The third-order valence-corrected chi connectivity index (χ3v) is 3.67. The van der Waals surface area contributed by atoms with E-state index in [0.29, 0.717) is 18.1 Å². The standard InChI is InChI=1S/C15H16F3N5O4/c1-23-11(3-8(22-23)6-27-15(16,17)18)14(24)19-13-5-10(20-21-13)12-4-9(25-2)7-26-12/h3-5,9H,6-7H2,1-2H3,(H2,19,20,21,24). The van der Waals surface area contributed by atoms with Gasteiger partial charge in [0.1, 0.15) is 36.5 Å². The van der Waals surface area contributed by atoms with Gasteiger partial charge in [-0.25, -0.2) is 0 Å². The number of methoxy groups -OCH3 is 1. The second-order valence-corrected chi connectivity index (χ2v) is 5.62. The van der Waals surface area contributed by atoms with E-state index in [2.05, 4.69) is 25.3 Å². The summed E-state index contributed by atoms with van der Waals surface area (Å²) in [7, 11) is 3.00. The van der Waals surface area contributed by atoms with Crippen LogP contribution in [0.1, 0.15) is 21.9 Å². The largest absolute Gasteiger partial charge is 0.522 e. The molecule has 1 aliphatic heterocycles. The van der Waals surface area contributed by atoms with Crippen molar-refractivity contribution in [3.05, 3.63) is 35.3 Å². The number of hydrogen-bond acceptors (Lipinski definition) is 6. The number of ether oxygens (including phenoxy) is 3. The van der Waals surface area contributed by atoms with E-state index in [1.54, 1.807) is 19.3 Å². The predicted molar refractivity (Wildman–Crippen MR) is 85.3 cm³/mol. The summed E-state index contributed by atoms with van der Waals surface area (Å²) in [4.78, 5) is 12.3. The van der Waals surface area contributed by atoms with Gasteiger partial charge in [0, 0.05) is 20.2 Å². The van der Waals surface area contributed by atoms with E-state index in [1.165, 1.54) is 13.1 Å². The second-order valence-electron chi connectivity index (χ2n) is 5.62. The minimum atomic E-state index is -4.77. The van der Waals surface area contributed by atoms with Crippen LogP contribution < -0.4 is 5.32 Å². The monoisotopic (exact) mass is 387 g/mol. The maximum atomic E-state index is 12.3. The summed E-state index contributed by atoms with van der Waals surface area (Å²) in [5.74, 6) is 0.175. The van der Waals surface area contributed by atoms with Crippen LogP contribution in [-0.2, 0) is 27.9 Å². The van der Waals surface area contributed by atoms with E-state index >= 15 is 0 Å². The molecule has 146 valence electrons. The molecule has 1 aliphatic rings. The van der Waals surface area contributed by atoms with E-state index in [9.17, 15) is 18.0 Å². The number of nitrogens with zero attached hydrogens (tertiary/aromatic N) is 3. The smallest absolute Gasteiger partial charge is 0.489 e. The zero-order valence-corrected chi connectivity index (χ0v) is 14.3. The molecule has 9 nitrogen and oxygen atoms in total. The van der Waals surface area contributed by atoms with Crippen molar-refractivity contribution in [1.82, 2.24) is 20.0 Å². The van der Waals surface area contributed by atoms with Gasteiger partial charge in [0.15, 0.2) is 5.82 Å². The van der Waals surface area contributed by atoms with Crippen LogP contribution in [0, 0.1) is 0 Å². The number of halogens is 3. The Labute approximate surface area is 151 Å². The number of H-pyrrole nitrogens is 1. The Balaban J connectivity index is 1.65. The Bertz CT molecular complexity index is 858. The maximum Gasteiger partial charge on any atom is 0.522 e. The second kappa shape index (κ2) is 7.40. The minimum Gasteiger partial charge on any atom is -0.489 e. The van der Waals surface area contributed by atoms with E-state index in [0.717, 1.165) is 4.68 Å². The van der Waals surface area contributed by atoms with Crippen molar-refractivity contribution in [2.75, 3.05) is 19.0 Å². The number of carbonyl (C=O) groups is 1. The Kier molecular flexibility index (Phi) is 5.19. The van der Waals surface area contributed by atoms with Crippen molar-refractivity contribution >= 4 is 17.5 Å². The molecule has 2 aromatic heterocycles. The molecule has 1 unspecified atom stereocenters. The topological polar surface area (TPSA) is 103 Å². The lowest BCUT2D eigenvalue weighted by Crippen LogP contribution is -2.16. The molecule has 3 heterocycles. The van der Waals surface area contributed by atoms with E-state index in [1.807, 2.05) is 0 Å². The van der Waals surface area contributed by atoms with Crippen molar-refractivity contribution in [1.29, 1.82) is 0 Å². The van der Waals surface area contributed by atoms with Crippen LogP contribution in [0.25, 0.3) is 5.76 Å². The highest BCUT2D eigenvalue weighted by Crippen LogP contribution is 2.23. The first-order chi connectivity index (χ1) is 12.7. The van der Waals surface area contributed by atoms with Crippen LogP contribution in [-0.4, -0.2) is 52.1 Å².